The monoisotopic (exact) mass is 225 g/mol. The summed E-state index contributed by atoms with van der Waals surface area (Å²) in [6.07, 6.45) is 2.32. The van der Waals surface area contributed by atoms with Gasteiger partial charge in [-0.1, -0.05) is 11.6 Å². The number of aromatic hydroxyl groups is 1. The van der Waals surface area contributed by atoms with Crippen molar-refractivity contribution in [2.24, 2.45) is 11.7 Å². The van der Waals surface area contributed by atoms with Crippen LogP contribution in [0, 0.1) is 19.8 Å². The Morgan fingerprint density at radius 2 is 2.07 bits per heavy atom. The molecule has 2 rings (SSSR count). The molecule has 1 fully saturated rings. The van der Waals surface area contributed by atoms with E-state index in [-0.39, 0.29) is 11.8 Å². The molecule has 1 saturated carbocycles. The lowest BCUT2D eigenvalue weighted by atomic mass is 9.95. The van der Waals surface area contributed by atoms with Crippen LogP contribution in [0.2, 0.25) is 5.02 Å². The van der Waals surface area contributed by atoms with Crippen molar-refractivity contribution in [1.82, 2.24) is 0 Å². The van der Waals surface area contributed by atoms with Gasteiger partial charge >= 0.3 is 0 Å². The number of hydrogen-bond donors (Lipinski definition) is 2. The smallest absolute Gasteiger partial charge is 0.120 e. The van der Waals surface area contributed by atoms with E-state index in [1.54, 1.807) is 6.07 Å². The lowest BCUT2D eigenvalue weighted by Gasteiger charge is -2.18. The summed E-state index contributed by atoms with van der Waals surface area (Å²) in [6.45, 7) is 3.81. The summed E-state index contributed by atoms with van der Waals surface area (Å²) >= 11 is 6.16. The number of aryl methyl sites for hydroxylation is 1. The molecule has 1 unspecified atom stereocenters. The molecule has 0 radical (unpaired) electrons. The van der Waals surface area contributed by atoms with E-state index in [1.165, 1.54) is 0 Å². The molecular weight excluding hydrogens is 210 g/mol. The lowest BCUT2D eigenvalue weighted by molar-refractivity contribution is 0.454. The van der Waals surface area contributed by atoms with Crippen LogP contribution in [0.1, 0.15) is 35.6 Å². The molecule has 0 aliphatic heterocycles. The fourth-order valence-corrected chi connectivity index (χ4v) is 2.22. The van der Waals surface area contributed by atoms with E-state index in [0.717, 1.165) is 34.6 Å². The van der Waals surface area contributed by atoms with Crippen molar-refractivity contribution in [2.75, 3.05) is 0 Å². The molecule has 1 atom stereocenters. The Morgan fingerprint density at radius 1 is 1.47 bits per heavy atom. The zero-order valence-corrected chi connectivity index (χ0v) is 9.80. The Bertz CT molecular complexity index is 399. The van der Waals surface area contributed by atoms with Crippen molar-refractivity contribution in [1.29, 1.82) is 0 Å². The van der Waals surface area contributed by atoms with E-state index < -0.39 is 0 Å². The molecule has 0 bridgehead atoms. The first-order valence-corrected chi connectivity index (χ1v) is 5.64. The molecule has 82 valence electrons. The highest BCUT2D eigenvalue weighted by Gasteiger charge is 2.32. The first-order chi connectivity index (χ1) is 7.02. The molecular formula is C12H16ClNO. The summed E-state index contributed by atoms with van der Waals surface area (Å²) < 4.78 is 0. The topological polar surface area (TPSA) is 46.2 Å². The second-order valence-corrected chi connectivity index (χ2v) is 4.81. The molecule has 1 aromatic rings. The van der Waals surface area contributed by atoms with Gasteiger partial charge in [0.15, 0.2) is 0 Å². The molecule has 3 heteroatoms. The fourth-order valence-electron chi connectivity index (χ4n) is 2.06. The fraction of sp³-hybridized carbons (Fsp3) is 0.500. The van der Waals surface area contributed by atoms with Crippen molar-refractivity contribution >= 4 is 11.6 Å². The van der Waals surface area contributed by atoms with Crippen molar-refractivity contribution in [3.63, 3.8) is 0 Å². The number of halogens is 1. The van der Waals surface area contributed by atoms with Crippen molar-refractivity contribution < 1.29 is 5.11 Å². The predicted octanol–water partition coefficient (Wildman–Crippen LogP) is 3.07. The summed E-state index contributed by atoms with van der Waals surface area (Å²) in [4.78, 5) is 0. The number of hydrogen-bond acceptors (Lipinski definition) is 2. The Balaban J connectivity index is 2.49. The molecule has 1 aliphatic carbocycles. The number of rotatable bonds is 2. The third-order valence-corrected chi connectivity index (χ3v) is 3.75. The summed E-state index contributed by atoms with van der Waals surface area (Å²) in [7, 11) is 0. The van der Waals surface area contributed by atoms with Crippen LogP contribution in [0.25, 0.3) is 0 Å². The molecule has 0 saturated heterocycles. The standard InChI is InChI=1S/C12H16ClNO/c1-6-5-9(15)10(7(2)11(6)13)12(14)8-3-4-8/h5,8,12,15H,3-4,14H2,1-2H3. The zero-order valence-electron chi connectivity index (χ0n) is 9.05. The molecule has 0 aromatic heterocycles. The summed E-state index contributed by atoms with van der Waals surface area (Å²) in [6, 6.07) is 1.63. The second kappa shape index (κ2) is 3.69. The van der Waals surface area contributed by atoms with E-state index >= 15 is 0 Å². The van der Waals surface area contributed by atoms with Crippen LogP contribution < -0.4 is 5.73 Å². The maximum Gasteiger partial charge on any atom is 0.120 e. The van der Waals surface area contributed by atoms with Gasteiger partial charge in [0.25, 0.3) is 0 Å². The van der Waals surface area contributed by atoms with Crippen LogP contribution in [0.5, 0.6) is 5.75 Å². The van der Waals surface area contributed by atoms with Crippen molar-refractivity contribution in [3.8, 4) is 5.75 Å². The van der Waals surface area contributed by atoms with Gasteiger partial charge in [-0.05, 0) is 49.8 Å². The van der Waals surface area contributed by atoms with Gasteiger partial charge in [0.1, 0.15) is 5.75 Å². The predicted molar refractivity (Wildman–Crippen MR) is 62.2 cm³/mol. The zero-order chi connectivity index (χ0) is 11.2. The highest BCUT2D eigenvalue weighted by molar-refractivity contribution is 6.32. The Hall–Kier alpha value is -0.730. The van der Waals surface area contributed by atoms with E-state index in [1.807, 2.05) is 13.8 Å². The summed E-state index contributed by atoms with van der Waals surface area (Å²) in [5, 5.41) is 10.6. The Morgan fingerprint density at radius 3 is 2.60 bits per heavy atom. The number of phenols is 1. The average Bonchev–Trinajstić information content (AvgIpc) is 2.97. The minimum absolute atomic E-state index is 0.0666. The van der Waals surface area contributed by atoms with Gasteiger partial charge in [-0.2, -0.15) is 0 Å². The van der Waals surface area contributed by atoms with E-state index in [9.17, 15) is 5.11 Å². The van der Waals surface area contributed by atoms with Crippen LogP contribution in [0.3, 0.4) is 0 Å². The SMILES string of the molecule is Cc1cc(O)c(C(N)C2CC2)c(C)c1Cl. The van der Waals surface area contributed by atoms with Crippen molar-refractivity contribution in [2.45, 2.75) is 32.7 Å². The normalized spacial score (nSPS) is 17.9. The van der Waals surface area contributed by atoms with Gasteiger partial charge < -0.3 is 10.8 Å². The minimum atomic E-state index is -0.0666. The van der Waals surface area contributed by atoms with Crippen LogP contribution in [0.15, 0.2) is 6.07 Å². The van der Waals surface area contributed by atoms with Crippen LogP contribution >= 0.6 is 11.6 Å². The maximum absolute atomic E-state index is 9.91. The van der Waals surface area contributed by atoms with Crippen LogP contribution in [-0.2, 0) is 0 Å². The van der Waals surface area contributed by atoms with Gasteiger partial charge in [-0.15, -0.1) is 0 Å². The van der Waals surface area contributed by atoms with E-state index in [0.29, 0.717) is 5.92 Å². The second-order valence-electron chi connectivity index (χ2n) is 4.43. The minimum Gasteiger partial charge on any atom is -0.508 e. The Kier molecular flexibility index (Phi) is 2.65. The molecule has 1 aromatic carbocycles. The maximum atomic E-state index is 9.91. The van der Waals surface area contributed by atoms with Gasteiger partial charge in [0.05, 0.1) is 0 Å². The molecule has 0 spiro atoms. The number of phenolic OH excluding ortho intramolecular Hbond substituents is 1. The van der Waals surface area contributed by atoms with Crippen LogP contribution in [-0.4, -0.2) is 5.11 Å². The highest BCUT2D eigenvalue weighted by atomic mass is 35.5. The lowest BCUT2D eigenvalue weighted by Crippen LogP contribution is -2.14. The quantitative estimate of drug-likeness (QED) is 0.813. The highest BCUT2D eigenvalue weighted by Crippen LogP contribution is 2.44. The largest absolute Gasteiger partial charge is 0.508 e. The van der Waals surface area contributed by atoms with E-state index in [4.69, 9.17) is 17.3 Å². The van der Waals surface area contributed by atoms with Gasteiger partial charge in [-0.25, -0.2) is 0 Å². The molecule has 15 heavy (non-hydrogen) atoms. The number of benzene rings is 1. The third kappa shape index (κ3) is 1.84. The molecule has 2 nitrogen and oxygen atoms in total. The van der Waals surface area contributed by atoms with E-state index in [2.05, 4.69) is 0 Å². The van der Waals surface area contributed by atoms with Crippen LogP contribution in [0.4, 0.5) is 0 Å². The summed E-state index contributed by atoms with van der Waals surface area (Å²) in [5.74, 6) is 0.808. The number of nitrogens with two attached hydrogens (primary N) is 1. The third-order valence-electron chi connectivity index (χ3n) is 3.17. The molecule has 0 heterocycles. The summed E-state index contributed by atoms with van der Waals surface area (Å²) in [5.41, 5.74) is 8.76. The molecule has 3 N–H and O–H groups in total. The first kappa shape index (κ1) is 10.8. The van der Waals surface area contributed by atoms with Gasteiger partial charge in [0, 0.05) is 16.6 Å². The van der Waals surface area contributed by atoms with Crippen molar-refractivity contribution in [3.05, 3.63) is 27.8 Å². The molecule has 1 aliphatic rings. The Labute approximate surface area is 95.1 Å². The van der Waals surface area contributed by atoms with Gasteiger partial charge in [-0.3, -0.25) is 0 Å². The first-order valence-electron chi connectivity index (χ1n) is 5.26. The van der Waals surface area contributed by atoms with Gasteiger partial charge in [0.2, 0.25) is 0 Å². The molecule has 0 amide bonds. The average molecular weight is 226 g/mol.